The van der Waals surface area contributed by atoms with Crippen molar-refractivity contribution in [2.75, 3.05) is 0 Å². The van der Waals surface area contributed by atoms with Gasteiger partial charge in [-0.2, -0.15) is 0 Å². The Morgan fingerprint density at radius 2 is 0.556 bits per heavy atom. The van der Waals surface area contributed by atoms with Gasteiger partial charge < -0.3 is 37.6 Å². The second-order valence-corrected chi connectivity index (χ2v) is 35.4. The van der Waals surface area contributed by atoms with E-state index in [1.165, 1.54) is 27.2 Å². The molecule has 1 fully saturated rings. The molecule has 716 valence electrons. The minimum atomic E-state index is -0.613. The molecule has 21 heteroatoms. The van der Waals surface area contributed by atoms with Crippen LogP contribution in [0.1, 0.15) is 211 Å². The standard InChI is InChI=1S/C31H24N2O4.C31H32N2O3.C31H26N2O3.C30H24N2O3/c1-3-33-27-16-14-23(30(35)22-12-8-5-9-13-22)18-25(27)26-19-24(15-17-28(26)33)31(36)29(32-37-20(2)34)21-10-6-4-7-11-21;2*1-4-33-28-16-14-23(30(32-36-21(3)34)22-11-6-5-7-12-22)18-26(28)27-19-24(15-17-29(27)33)31(35)25-13-9-8-10-20(25)2;1-3-32-27-16-14-23(20(2)31-35-30(34)22-12-8-5-9-13-22)18-25(27)26-19-24(15-17-28(26)32)29(33)21-10-6-4-7-11-21/h4-19H,3H2,1-2H3;8-10,13-19,22H,4-7,11-12H2,1-3H3;5-19H,4H2,1-3H3;4-19H,3H2,1-2H3/b32-29+;2*32-30+;31-20+. The summed E-state index contributed by atoms with van der Waals surface area (Å²) in [5.41, 5.74) is 22.5. The molecule has 20 rings (SSSR count). The highest BCUT2D eigenvalue weighted by atomic mass is 16.7. The van der Waals surface area contributed by atoms with Gasteiger partial charge in [0.15, 0.2) is 28.8 Å². The van der Waals surface area contributed by atoms with Crippen molar-refractivity contribution in [3.8, 4) is 0 Å². The Balaban J connectivity index is 0.000000132. The quantitative estimate of drug-likeness (QED) is 0.0223. The first kappa shape index (κ1) is 98.0. The molecule has 144 heavy (non-hydrogen) atoms. The lowest BCUT2D eigenvalue weighted by Gasteiger charge is -2.23. The van der Waals surface area contributed by atoms with Gasteiger partial charge in [0, 0.05) is 212 Å². The number of aromatic nitrogens is 4. The number of Topliss-reactive ketones (excluding diaryl/α,β-unsaturated/α-hetero) is 1. The van der Waals surface area contributed by atoms with E-state index in [9.17, 15) is 43.2 Å². The first-order valence-electron chi connectivity index (χ1n) is 48.4. The van der Waals surface area contributed by atoms with Crippen LogP contribution in [0.3, 0.4) is 0 Å². The van der Waals surface area contributed by atoms with E-state index in [0.717, 1.165) is 184 Å². The van der Waals surface area contributed by atoms with Gasteiger partial charge in [-0.3, -0.25) is 24.0 Å². The zero-order valence-electron chi connectivity index (χ0n) is 81.7. The van der Waals surface area contributed by atoms with E-state index in [2.05, 4.69) is 103 Å². The molecule has 0 spiro atoms. The molecule has 0 unspecified atom stereocenters. The molecule has 15 aromatic carbocycles. The van der Waals surface area contributed by atoms with E-state index >= 15 is 0 Å². The summed E-state index contributed by atoms with van der Waals surface area (Å²) >= 11 is 0. The lowest BCUT2D eigenvalue weighted by atomic mass is 9.83. The molecule has 1 saturated carbocycles. The van der Waals surface area contributed by atoms with Crippen molar-refractivity contribution < 1.29 is 62.5 Å². The van der Waals surface area contributed by atoms with E-state index in [1.807, 2.05) is 263 Å². The molecule has 1 aliphatic rings. The van der Waals surface area contributed by atoms with E-state index in [-0.39, 0.29) is 40.5 Å². The number of carbonyl (C=O) groups is 9. The third kappa shape index (κ3) is 21.0. The zero-order chi connectivity index (χ0) is 101. The number of hydrogen-bond acceptors (Lipinski definition) is 17. The summed E-state index contributed by atoms with van der Waals surface area (Å²) in [5, 5.41) is 24.3. The van der Waals surface area contributed by atoms with Gasteiger partial charge in [-0.1, -0.05) is 246 Å². The van der Waals surface area contributed by atoms with Gasteiger partial charge in [-0.25, -0.2) is 19.2 Å². The van der Waals surface area contributed by atoms with Gasteiger partial charge in [-0.05, 0) is 218 Å². The van der Waals surface area contributed by atoms with Crippen molar-refractivity contribution in [1.29, 1.82) is 0 Å². The van der Waals surface area contributed by atoms with Gasteiger partial charge in [0.25, 0.3) is 0 Å². The predicted octanol–water partition coefficient (Wildman–Crippen LogP) is 26.7. The monoisotopic (exact) mass is 1900 g/mol. The smallest absolute Gasteiger partial charge is 0.341 e. The highest BCUT2D eigenvalue weighted by Crippen LogP contribution is 2.39. The molecule has 4 aromatic heterocycles. The van der Waals surface area contributed by atoms with Crippen LogP contribution in [0, 0.1) is 19.8 Å². The van der Waals surface area contributed by atoms with Crippen LogP contribution in [0.2, 0.25) is 0 Å². The Morgan fingerprint density at radius 3 is 0.938 bits per heavy atom. The summed E-state index contributed by atoms with van der Waals surface area (Å²) in [6, 6.07) is 109. The summed E-state index contributed by atoms with van der Waals surface area (Å²) in [5.74, 6) is -2.14. The number of rotatable bonds is 25. The van der Waals surface area contributed by atoms with Crippen LogP contribution in [-0.4, -0.2) is 93.9 Å². The molecule has 19 aromatic rings. The van der Waals surface area contributed by atoms with Gasteiger partial charge in [0.1, 0.15) is 5.71 Å². The number of ketones is 5. The normalized spacial score (nSPS) is 12.5. The molecule has 0 atom stereocenters. The maximum atomic E-state index is 13.6. The number of aryl methyl sites for hydroxylation is 6. The summed E-state index contributed by atoms with van der Waals surface area (Å²) in [7, 11) is 0. The SMILES string of the molecule is CCn1c2ccc(C(=O)/C(=N/OC(C)=O)c3ccccc3)cc2c2cc(C(=O)c3ccccc3)ccc21.CCn1c2ccc(C(=O)c3ccccc3)cc2c2cc(/C(C)=N/OC(=O)c3ccccc3)ccc21.CCn1c2ccc(C(=O)c3ccccc3C)cc2c2cc(/C(=N/OC(C)=O)C3CCCCC3)ccc21.CCn1c2ccc(C(=O)c3ccccc3C)cc2c2cc(/C(=N/OC(C)=O)c3ccccc3)ccc21. The fraction of sp³-hybridized carbons (Fsp3) is 0.163. The predicted molar refractivity (Wildman–Crippen MR) is 571 cm³/mol. The molecule has 4 heterocycles. The van der Waals surface area contributed by atoms with Crippen molar-refractivity contribution in [2.45, 2.75) is 128 Å². The van der Waals surface area contributed by atoms with Crippen molar-refractivity contribution >= 4 is 163 Å². The molecule has 21 nitrogen and oxygen atoms in total. The van der Waals surface area contributed by atoms with E-state index in [1.54, 1.807) is 66.7 Å². The van der Waals surface area contributed by atoms with Gasteiger partial charge >= 0.3 is 23.9 Å². The van der Waals surface area contributed by atoms with Crippen LogP contribution in [0.25, 0.3) is 87.2 Å². The molecule has 0 N–H and O–H groups in total. The number of oxime groups is 4. The van der Waals surface area contributed by atoms with Gasteiger partial charge in [0.05, 0.1) is 17.0 Å². The summed E-state index contributed by atoms with van der Waals surface area (Å²) in [6.07, 6.45) is 5.64. The molecular weight excluding hydrogens is 1800 g/mol. The van der Waals surface area contributed by atoms with Crippen LogP contribution in [-0.2, 0) is 59.9 Å². The van der Waals surface area contributed by atoms with E-state index < -0.39 is 23.9 Å². The fourth-order valence-electron chi connectivity index (χ4n) is 19.2. The van der Waals surface area contributed by atoms with Crippen LogP contribution < -0.4 is 0 Å². The maximum absolute atomic E-state index is 13.6. The molecule has 1 aliphatic carbocycles. The number of hydrogen-bond donors (Lipinski definition) is 0. The number of carbonyl (C=O) groups excluding carboxylic acids is 9. The Labute approximate surface area is 832 Å². The first-order valence-corrected chi connectivity index (χ1v) is 48.4. The van der Waals surface area contributed by atoms with Crippen molar-refractivity contribution in [2.24, 2.45) is 26.5 Å². The number of fused-ring (bicyclic) bond motifs is 12. The highest BCUT2D eigenvalue weighted by molar-refractivity contribution is 6.51. The van der Waals surface area contributed by atoms with Crippen LogP contribution in [0.5, 0.6) is 0 Å². The topological polar surface area (TPSA) is 260 Å². The van der Waals surface area contributed by atoms with E-state index in [4.69, 9.17) is 19.4 Å². The van der Waals surface area contributed by atoms with Crippen molar-refractivity contribution in [1.82, 2.24) is 18.3 Å². The molecule has 0 radical (unpaired) electrons. The van der Waals surface area contributed by atoms with Crippen molar-refractivity contribution in [3.05, 3.63) is 440 Å². The average Bonchev–Trinajstić information content (AvgIpc) is 1.60. The fourth-order valence-corrected chi connectivity index (χ4v) is 19.2. The highest BCUT2D eigenvalue weighted by Gasteiger charge is 2.28. The van der Waals surface area contributed by atoms with Crippen LogP contribution in [0.15, 0.2) is 366 Å². The molecule has 0 amide bonds. The summed E-state index contributed by atoms with van der Waals surface area (Å²) in [6.45, 7) is 21.2. The van der Waals surface area contributed by atoms with Gasteiger partial charge in [-0.15, -0.1) is 0 Å². The summed E-state index contributed by atoms with van der Waals surface area (Å²) in [4.78, 5) is 134. The minimum Gasteiger partial charge on any atom is -0.341 e. The average molecular weight is 1900 g/mol. The Morgan fingerprint density at radius 1 is 0.264 bits per heavy atom. The first-order chi connectivity index (χ1) is 70.0. The zero-order valence-corrected chi connectivity index (χ0v) is 81.7. The largest absolute Gasteiger partial charge is 0.365 e. The lowest BCUT2D eigenvalue weighted by Crippen LogP contribution is -2.20. The third-order valence-corrected chi connectivity index (χ3v) is 26.3. The Bertz CT molecular complexity index is 8350. The third-order valence-electron chi connectivity index (χ3n) is 26.3. The lowest BCUT2D eigenvalue weighted by molar-refractivity contribution is -0.141. The van der Waals surface area contributed by atoms with Gasteiger partial charge in [0.2, 0.25) is 5.78 Å². The molecule has 0 saturated heterocycles. The number of benzene rings is 15. The van der Waals surface area contributed by atoms with Crippen molar-refractivity contribution in [3.63, 3.8) is 0 Å². The number of nitrogens with zero attached hydrogens (tertiary/aromatic N) is 8. The van der Waals surface area contributed by atoms with Crippen LogP contribution in [0.4, 0.5) is 0 Å². The maximum Gasteiger partial charge on any atom is 0.365 e. The molecule has 0 aliphatic heterocycles. The second kappa shape index (κ2) is 44.3. The van der Waals surface area contributed by atoms with Crippen LogP contribution >= 0.6 is 0 Å². The van der Waals surface area contributed by atoms with E-state index in [0.29, 0.717) is 67.1 Å². The minimum absolute atomic E-state index is 0.00458. The Hall–Kier alpha value is -17.6. The second-order valence-electron chi connectivity index (χ2n) is 35.4. The Kier molecular flexibility index (Phi) is 30.1. The summed E-state index contributed by atoms with van der Waals surface area (Å²) < 4.78 is 8.90. The molecule has 0 bridgehead atoms. The molecular formula is C123H106N8O13.